The smallest absolute Gasteiger partial charge is 0.258 e. The maximum atomic E-state index is 12.2. The Bertz CT molecular complexity index is 678. The van der Waals surface area contributed by atoms with Gasteiger partial charge in [-0.05, 0) is 42.7 Å². The van der Waals surface area contributed by atoms with Crippen LogP contribution < -0.4 is 10.1 Å². The molecule has 0 fully saturated rings. The Kier molecular flexibility index (Phi) is 6.13. The number of ketones is 1. The van der Waals surface area contributed by atoms with Gasteiger partial charge in [-0.2, -0.15) is 0 Å². The predicted octanol–water partition coefficient (Wildman–Crippen LogP) is 3.78. The van der Waals surface area contributed by atoms with E-state index in [0.29, 0.717) is 11.3 Å². The highest BCUT2D eigenvalue weighted by Crippen LogP contribution is 2.21. The third-order valence-corrected chi connectivity index (χ3v) is 3.77. The molecule has 2 aromatic rings. The molecule has 0 saturated heterocycles. The fourth-order valence-corrected chi connectivity index (χ4v) is 2.45. The second kappa shape index (κ2) is 8.29. The Hall–Kier alpha value is -2.62. The van der Waals surface area contributed by atoms with Crippen molar-refractivity contribution in [2.75, 3.05) is 6.61 Å². The maximum absolute atomic E-state index is 12.2. The van der Waals surface area contributed by atoms with E-state index in [2.05, 4.69) is 19.2 Å². The van der Waals surface area contributed by atoms with E-state index in [0.717, 1.165) is 5.56 Å². The number of amides is 1. The van der Waals surface area contributed by atoms with E-state index in [1.54, 1.807) is 24.3 Å². The molecule has 0 aliphatic rings. The standard InChI is InChI=1S/C20H23NO3/c1-14(2)20(17-7-5-4-6-8-17)21-19(23)13-24-18-11-9-16(10-12-18)15(3)22/h4-12,14,20H,13H2,1-3H3,(H,21,23). The van der Waals surface area contributed by atoms with Crippen molar-refractivity contribution in [2.45, 2.75) is 26.8 Å². The Labute approximate surface area is 142 Å². The van der Waals surface area contributed by atoms with Crippen molar-refractivity contribution in [3.63, 3.8) is 0 Å². The Morgan fingerprint density at radius 2 is 1.62 bits per heavy atom. The summed E-state index contributed by atoms with van der Waals surface area (Å²) < 4.78 is 5.50. The second-order valence-electron chi connectivity index (χ2n) is 6.07. The monoisotopic (exact) mass is 325 g/mol. The quantitative estimate of drug-likeness (QED) is 0.788. The third-order valence-electron chi connectivity index (χ3n) is 3.77. The number of ether oxygens (including phenoxy) is 1. The summed E-state index contributed by atoms with van der Waals surface area (Å²) in [4.78, 5) is 23.4. The lowest BCUT2D eigenvalue weighted by atomic mass is 9.96. The number of hydrogen-bond acceptors (Lipinski definition) is 3. The zero-order chi connectivity index (χ0) is 17.5. The second-order valence-corrected chi connectivity index (χ2v) is 6.07. The number of benzene rings is 2. The molecular formula is C20H23NO3. The van der Waals surface area contributed by atoms with E-state index >= 15 is 0 Å². The molecule has 0 saturated carbocycles. The van der Waals surface area contributed by atoms with Crippen LogP contribution in [0.5, 0.6) is 5.75 Å². The summed E-state index contributed by atoms with van der Waals surface area (Å²) in [6.45, 7) is 5.59. The molecule has 0 bridgehead atoms. The lowest BCUT2D eigenvalue weighted by Crippen LogP contribution is -2.35. The predicted molar refractivity (Wildman–Crippen MR) is 94.1 cm³/mol. The van der Waals surface area contributed by atoms with E-state index in [-0.39, 0.29) is 30.3 Å². The number of carbonyl (C=O) groups is 2. The number of nitrogens with one attached hydrogen (secondary N) is 1. The van der Waals surface area contributed by atoms with Gasteiger partial charge in [0.25, 0.3) is 5.91 Å². The van der Waals surface area contributed by atoms with E-state index in [9.17, 15) is 9.59 Å². The zero-order valence-electron chi connectivity index (χ0n) is 14.3. The lowest BCUT2D eigenvalue weighted by molar-refractivity contribution is -0.124. The molecule has 24 heavy (non-hydrogen) atoms. The van der Waals surface area contributed by atoms with Crippen LogP contribution in [0.4, 0.5) is 0 Å². The Morgan fingerprint density at radius 3 is 2.17 bits per heavy atom. The van der Waals surface area contributed by atoms with Gasteiger partial charge in [-0.25, -0.2) is 0 Å². The minimum Gasteiger partial charge on any atom is -0.484 e. The molecule has 4 nitrogen and oxygen atoms in total. The summed E-state index contributed by atoms with van der Waals surface area (Å²) in [5.41, 5.74) is 1.70. The molecule has 1 amide bonds. The summed E-state index contributed by atoms with van der Waals surface area (Å²) >= 11 is 0. The lowest BCUT2D eigenvalue weighted by Gasteiger charge is -2.23. The number of Topliss-reactive ketones (excluding diaryl/α,β-unsaturated/α-hetero) is 1. The highest BCUT2D eigenvalue weighted by Gasteiger charge is 2.18. The molecule has 1 unspecified atom stereocenters. The highest BCUT2D eigenvalue weighted by atomic mass is 16.5. The van der Waals surface area contributed by atoms with Crippen LogP contribution in [0.15, 0.2) is 54.6 Å². The van der Waals surface area contributed by atoms with Gasteiger partial charge in [-0.15, -0.1) is 0 Å². The average Bonchev–Trinajstić information content (AvgIpc) is 2.58. The largest absolute Gasteiger partial charge is 0.484 e. The Morgan fingerprint density at radius 1 is 1.00 bits per heavy atom. The van der Waals surface area contributed by atoms with Crippen molar-refractivity contribution in [1.82, 2.24) is 5.32 Å². The molecule has 2 rings (SSSR count). The van der Waals surface area contributed by atoms with Gasteiger partial charge in [-0.3, -0.25) is 9.59 Å². The van der Waals surface area contributed by atoms with Crippen LogP contribution in [-0.2, 0) is 4.79 Å². The van der Waals surface area contributed by atoms with Crippen molar-refractivity contribution < 1.29 is 14.3 Å². The summed E-state index contributed by atoms with van der Waals surface area (Å²) in [6, 6.07) is 16.6. The topological polar surface area (TPSA) is 55.4 Å². The molecule has 0 radical (unpaired) electrons. The normalized spacial score (nSPS) is 11.8. The molecule has 126 valence electrons. The Balaban J connectivity index is 1.93. The molecule has 0 aliphatic heterocycles. The first-order valence-electron chi connectivity index (χ1n) is 8.05. The van der Waals surface area contributed by atoms with Gasteiger partial charge in [0.2, 0.25) is 0 Å². The molecule has 1 N–H and O–H groups in total. The van der Waals surface area contributed by atoms with Gasteiger partial charge in [0, 0.05) is 5.56 Å². The van der Waals surface area contributed by atoms with Crippen molar-refractivity contribution in [3.05, 3.63) is 65.7 Å². The van der Waals surface area contributed by atoms with Crippen LogP contribution in [0.3, 0.4) is 0 Å². The van der Waals surface area contributed by atoms with Gasteiger partial charge >= 0.3 is 0 Å². The van der Waals surface area contributed by atoms with Gasteiger partial charge in [0.1, 0.15) is 5.75 Å². The number of carbonyl (C=O) groups excluding carboxylic acids is 2. The molecular weight excluding hydrogens is 302 g/mol. The highest BCUT2D eigenvalue weighted by molar-refractivity contribution is 5.94. The first kappa shape index (κ1) is 17.7. The molecule has 0 spiro atoms. The van der Waals surface area contributed by atoms with E-state index in [4.69, 9.17) is 4.74 Å². The molecule has 0 aromatic heterocycles. The van der Waals surface area contributed by atoms with Crippen LogP contribution in [0, 0.1) is 5.92 Å². The first-order chi connectivity index (χ1) is 11.5. The molecule has 0 aliphatic carbocycles. The minimum atomic E-state index is -0.173. The van der Waals surface area contributed by atoms with Crippen molar-refractivity contribution in [3.8, 4) is 5.75 Å². The first-order valence-corrected chi connectivity index (χ1v) is 8.05. The molecule has 4 heteroatoms. The van der Waals surface area contributed by atoms with Crippen LogP contribution in [0.25, 0.3) is 0 Å². The maximum Gasteiger partial charge on any atom is 0.258 e. The van der Waals surface area contributed by atoms with E-state index < -0.39 is 0 Å². The van der Waals surface area contributed by atoms with Gasteiger partial charge in [0.05, 0.1) is 6.04 Å². The molecule has 0 heterocycles. The van der Waals surface area contributed by atoms with Crippen LogP contribution in [0.1, 0.15) is 42.7 Å². The van der Waals surface area contributed by atoms with Crippen molar-refractivity contribution >= 4 is 11.7 Å². The summed E-state index contributed by atoms with van der Waals surface area (Å²) in [5, 5.41) is 3.01. The average molecular weight is 325 g/mol. The molecule has 1 atom stereocenters. The van der Waals surface area contributed by atoms with Crippen molar-refractivity contribution in [2.24, 2.45) is 5.92 Å². The SMILES string of the molecule is CC(=O)c1ccc(OCC(=O)NC(c2ccccc2)C(C)C)cc1. The van der Waals surface area contributed by atoms with E-state index in [1.165, 1.54) is 6.92 Å². The number of rotatable bonds is 7. The van der Waals surface area contributed by atoms with Crippen molar-refractivity contribution in [1.29, 1.82) is 0 Å². The van der Waals surface area contributed by atoms with Crippen LogP contribution in [-0.4, -0.2) is 18.3 Å². The summed E-state index contributed by atoms with van der Waals surface area (Å²) in [7, 11) is 0. The molecule has 2 aromatic carbocycles. The third kappa shape index (κ3) is 4.95. The van der Waals surface area contributed by atoms with Crippen LogP contribution in [0.2, 0.25) is 0 Å². The van der Waals surface area contributed by atoms with Crippen LogP contribution >= 0.6 is 0 Å². The fourth-order valence-electron chi connectivity index (χ4n) is 2.45. The minimum absolute atomic E-state index is 0.00179. The van der Waals surface area contributed by atoms with Gasteiger partial charge in [0.15, 0.2) is 12.4 Å². The fraction of sp³-hybridized carbons (Fsp3) is 0.300. The summed E-state index contributed by atoms with van der Waals surface area (Å²) in [6.07, 6.45) is 0. The van der Waals surface area contributed by atoms with Gasteiger partial charge < -0.3 is 10.1 Å². The number of hydrogen-bond donors (Lipinski definition) is 1. The zero-order valence-corrected chi connectivity index (χ0v) is 14.3. The van der Waals surface area contributed by atoms with Gasteiger partial charge in [-0.1, -0.05) is 44.2 Å². The van der Waals surface area contributed by atoms with E-state index in [1.807, 2.05) is 30.3 Å². The summed E-state index contributed by atoms with van der Waals surface area (Å²) in [5.74, 6) is 0.664.